The minimum absolute atomic E-state index is 0.00400. The molecule has 19 heteroatoms. The van der Waals surface area contributed by atoms with E-state index in [1.54, 1.807) is 84.9 Å². The van der Waals surface area contributed by atoms with E-state index in [4.69, 9.17) is 33.2 Å². The Morgan fingerprint density at radius 2 is 1.27 bits per heavy atom. The zero-order valence-corrected chi connectivity index (χ0v) is 41.9. The number of amides is 5. The van der Waals surface area contributed by atoms with Crippen LogP contribution in [-0.4, -0.2) is 131 Å². The minimum Gasteiger partial charge on any atom is -0.508 e. The molecule has 0 aromatic heterocycles. The molecule has 6 rings (SSSR count). The molecular formula is C52H69N5O14. The molecule has 19 nitrogen and oxygen atoms in total. The molecular weight excluding hydrogens is 919 g/mol. The normalized spacial score (nSPS) is 22.1. The first-order valence-corrected chi connectivity index (χ1v) is 24.0. The molecule has 3 saturated heterocycles. The Bertz CT molecular complexity index is 2310. The number of carbonyl (C=O) groups excluding carboxylic acids is 6. The number of hydrogen-bond donors (Lipinski definition) is 5. The van der Waals surface area contributed by atoms with E-state index in [0.717, 1.165) is 11.1 Å². The molecule has 3 aliphatic rings. The number of rotatable bonds is 20. The van der Waals surface area contributed by atoms with Gasteiger partial charge in [-0.25, -0.2) is 9.59 Å². The van der Waals surface area contributed by atoms with Gasteiger partial charge in [-0.15, -0.1) is 0 Å². The Kier molecular flexibility index (Phi) is 17.9. The van der Waals surface area contributed by atoms with Gasteiger partial charge in [-0.3, -0.25) is 19.2 Å². The van der Waals surface area contributed by atoms with Crippen molar-refractivity contribution in [3.05, 3.63) is 102 Å². The van der Waals surface area contributed by atoms with Crippen LogP contribution in [0.5, 0.6) is 5.75 Å². The standard InChI is InChI=1S/C52H69N5O14/c1-31(2)24-38(47(63)65-30-34-18-14-11-15-19-34)55-45(61)36(25-32-16-12-10-13-17-32)54-40(59)27-53-41(60)29-57(28-39-42-43(68-51(6,7)67-42)44-48(66-39)70-52(8,9)69-44)46(62)37(56-49(64)71-50(3,4)5)26-33-20-22-35(58)23-21-33/h10-23,31,36-39,42-44,48,58H,24-30H2,1-9H3,(H,53,60)(H,54,59)(H,55,61)(H,56,64)/t36-,37-,38-,39+,42-,43-,44+,48+/m0/s1. The summed E-state index contributed by atoms with van der Waals surface area (Å²) >= 11 is 0. The number of alkyl carbamates (subject to hydrolysis) is 1. The predicted molar refractivity (Wildman–Crippen MR) is 257 cm³/mol. The third-order valence-corrected chi connectivity index (χ3v) is 11.6. The number of phenols is 1. The second kappa shape index (κ2) is 23.4. The monoisotopic (exact) mass is 987 g/mol. The molecule has 0 radical (unpaired) electrons. The molecule has 3 aromatic rings. The van der Waals surface area contributed by atoms with Gasteiger partial charge >= 0.3 is 12.1 Å². The van der Waals surface area contributed by atoms with Crippen molar-refractivity contribution in [2.24, 2.45) is 5.92 Å². The van der Waals surface area contributed by atoms with Gasteiger partial charge in [-0.05, 0) is 89.6 Å². The summed E-state index contributed by atoms with van der Waals surface area (Å²) in [5.41, 5.74) is 1.14. The molecule has 5 N–H and O–H groups in total. The van der Waals surface area contributed by atoms with Crippen LogP contribution in [0.2, 0.25) is 0 Å². The van der Waals surface area contributed by atoms with E-state index in [1.165, 1.54) is 17.0 Å². The van der Waals surface area contributed by atoms with Crippen LogP contribution in [0.15, 0.2) is 84.9 Å². The molecule has 3 heterocycles. The lowest BCUT2D eigenvalue weighted by atomic mass is 9.98. The number of hydrogen-bond acceptors (Lipinski definition) is 14. The first-order chi connectivity index (χ1) is 33.4. The van der Waals surface area contributed by atoms with Crippen LogP contribution in [0.1, 0.15) is 85.4 Å². The second-order valence-electron chi connectivity index (χ2n) is 20.4. The smallest absolute Gasteiger partial charge is 0.408 e. The second-order valence-corrected chi connectivity index (χ2v) is 20.4. The van der Waals surface area contributed by atoms with E-state index in [2.05, 4.69) is 21.3 Å². The molecule has 5 amide bonds. The average molecular weight is 988 g/mol. The lowest BCUT2D eigenvalue weighted by molar-refractivity contribution is -0.236. The van der Waals surface area contributed by atoms with Crippen molar-refractivity contribution >= 4 is 35.7 Å². The fourth-order valence-corrected chi connectivity index (χ4v) is 8.53. The number of aromatic hydroxyl groups is 1. The van der Waals surface area contributed by atoms with E-state index in [9.17, 15) is 33.9 Å². The maximum Gasteiger partial charge on any atom is 0.408 e. The van der Waals surface area contributed by atoms with Gasteiger partial charge in [0.05, 0.1) is 19.6 Å². The van der Waals surface area contributed by atoms with E-state index in [-0.39, 0.29) is 44.1 Å². The van der Waals surface area contributed by atoms with Gasteiger partial charge in [-0.1, -0.05) is 86.6 Å². The van der Waals surface area contributed by atoms with Gasteiger partial charge in [0, 0.05) is 12.8 Å². The fraction of sp³-hybridized carbons (Fsp3) is 0.538. The van der Waals surface area contributed by atoms with Crippen molar-refractivity contribution in [2.75, 3.05) is 19.6 Å². The highest BCUT2D eigenvalue weighted by Gasteiger charge is 2.61. The third kappa shape index (κ3) is 16.2. The summed E-state index contributed by atoms with van der Waals surface area (Å²) in [5.74, 6) is -5.63. The van der Waals surface area contributed by atoms with E-state index >= 15 is 0 Å². The van der Waals surface area contributed by atoms with Crippen LogP contribution in [0.4, 0.5) is 4.79 Å². The average Bonchev–Trinajstić information content (AvgIpc) is 3.80. The van der Waals surface area contributed by atoms with Crippen LogP contribution in [0.3, 0.4) is 0 Å². The Morgan fingerprint density at radius 1 is 0.690 bits per heavy atom. The van der Waals surface area contributed by atoms with Gasteiger partial charge in [0.2, 0.25) is 23.6 Å². The van der Waals surface area contributed by atoms with Gasteiger partial charge in [0.15, 0.2) is 17.9 Å². The third-order valence-electron chi connectivity index (χ3n) is 11.6. The molecule has 0 saturated carbocycles. The maximum absolute atomic E-state index is 14.9. The van der Waals surface area contributed by atoms with E-state index in [1.807, 2.05) is 50.2 Å². The highest BCUT2D eigenvalue weighted by atomic mass is 16.9. The van der Waals surface area contributed by atoms with Gasteiger partial charge in [0.1, 0.15) is 60.5 Å². The van der Waals surface area contributed by atoms with Crippen molar-refractivity contribution in [3.8, 4) is 5.75 Å². The number of carbonyl (C=O) groups is 6. The summed E-state index contributed by atoms with van der Waals surface area (Å²) < 4.78 is 42.4. The van der Waals surface area contributed by atoms with Gasteiger partial charge in [0.25, 0.3) is 0 Å². The Labute approximate surface area is 414 Å². The largest absolute Gasteiger partial charge is 0.508 e. The molecule has 3 fully saturated rings. The van der Waals surface area contributed by atoms with E-state index in [0.29, 0.717) is 5.56 Å². The zero-order chi connectivity index (χ0) is 51.7. The summed E-state index contributed by atoms with van der Waals surface area (Å²) in [7, 11) is 0. The highest BCUT2D eigenvalue weighted by Crippen LogP contribution is 2.44. The number of benzene rings is 3. The van der Waals surface area contributed by atoms with Crippen molar-refractivity contribution in [2.45, 2.75) is 154 Å². The number of nitrogens with one attached hydrogen (secondary N) is 4. The van der Waals surface area contributed by atoms with Crippen molar-refractivity contribution < 1.29 is 67.0 Å². The predicted octanol–water partition coefficient (Wildman–Crippen LogP) is 4.17. The van der Waals surface area contributed by atoms with Crippen LogP contribution >= 0.6 is 0 Å². The van der Waals surface area contributed by atoms with Gasteiger partial charge < -0.3 is 64.4 Å². The zero-order valence-electron chi connectivity index (χ0n) is 41.9. The first-order valence-electron chi connectivity index (χ1n) is 24.0. The van der Waals surface area contributed by atoms with Crippen LogP contribution in [0.25, 0.3) is 0 Å². The fourth-order valence-electron chi connectivity index (χ4n) is 8.53. The van der Waals surface area contributed by atoms with Crippen LogP contribution in [-0.2, 0) is 76.6 Å². The molecule has 71 heavy (non-hydrogen) atoms. The molecule has 3 aliphatic heterocycles. The summed E-state index contributed by atoms with van der Waals surface area (Å²) in [6.07, 6.45) is -4.72. The Morgan fingerprint density at radius 3 is 1.90 bits per heavy atom. The van der Waals surface area contributed by atoms with Crippen molar-refractivity contribution in [1.29, 1.82) is 0 Å². The highest BCUT2D eigenvalue weighted by molar-refractivity contribution is 5.94. The summed E-state index contributed by atoms with van der Waals surface area (Å²) in [5, 5.41) is 20.7. The number of fused-ring (bicyclic) bond motifs is 3. The molecule has 386 valence electrons. The summed E-state index contributed by atoms with van der Waals surface area (Å²) in [6, 6.07) is 20.7. The number of ether oxygens (including phenoxy) is 7. The minimum atomic E-state index is -1.31. The van der Waals surface area contributed by atoms with Crippen molar-refractivity contribution in [3.63, 3.8) is 0 Å². The molecule has 3 aromatic carbocycles. The Hall–Kier alpha value is -6.12. The van der Waals surface area contributed by atoms with Gasteiger partial charge in [-0.2, -0.15) is 0 Å². The number of phenolic OH excluding ortho intramolecular Hbond substituents is 1. The summed E-state index contributed by atoms with van der Waals surface area (Å²) in [6.45, 7) is 14.2. The topological polar surface area (TPSA) is 239 Å². The molecule has 0 bridgehead atoms. The maximum atomic E-state index is 14.9. The summed E-state index contributed by atoms with van der Waals surface area (Å²) in [4.78, 5) is 84.6. The lowest BCUT2D eigenvalue weighted by Crippen LogP contribution is -2.60. The van der Waals surface area contributed by atoms with Crippen molar-refractivity contribution in [1.82, 2.24) is 26.2 Å². The van der Waals surface area contributed by atoms with E-state index < -0.39 is 115 Å². The van der Waals surface area contributed by atoms with Crippen LogP contribution in [0, 0.1) is 5.92 Å². The SMILES string of the molecule is CC(C)C[C@H](NC(=O)[C@H](Cc1ccccc1)NC(=O)CNC(=O)CN(C[C@H]1O[C@@H]2OC(C)(C)O[C@@H]2[C@H]2OC(C)(C)O[C@H]21)C(=O)[C@H](Cc1ccc(O)cc1)NC(=O)OC(C)(C)C)C(=O)OCc1ccccc1. The quantitative estimate of drug-likeness (QED) is 0.100. The molecule has 0 spiro atoms. The molecule has 0 aliphatic carbocycles. The molecule has 8 atom stereocenters. The van der Waals surface area contributed by atoms with Crippen LogP contribution < -0.4 is 21.3 Å². The Balaban J connectivity index is 1.20. The molecule has 0 unspecified atom stereocenters. The number of nitrogens with zero attached hydrogens (tertiary/aromatic N) is 1. The lowest BCUT2D eigenvalue weighted by Gasteiger charge is -2.40. The number of esters is 1. The first kappa shape index (κ1) is 54.2.